The highest BCUT2D eigenvalue weighted by molar-refractivity contribution is 6.06. The van der Waals surface area contributed by atoms with E-state index < -0.39 is 5.91 Å². The molecule has 0 aliphatic rings. The number of nitriles is 1. The Labute approximate surface area is 163 Å². The first-order chi connectivity index (χ1) is 13.7. The van der Waals surface area contributed by atoms with Crippen molar-refractivity contribution in [2.75, 3.05) is 5.32 Å². The molecule has 2 N–H and O–H groups in total. The molecule has 0 radical (unpaired) electrons. The van der Waals surface area contributed by atoms with E-state index in [4.69, 9.17) is 4.74 Å². The van der Waals surface area contributed by atoms with Crippen LogP contribution in [-0.4, -0.2) is 10.9 Å². The van der Waals surface area contributed by atoms with Crippen LogP contribution in [0.5, 0.6) is 11.5 Å². The van der Waals surface area contributed by atoms with Gasteiger partial charge in [-0.15, -0.1) is 0 Å². The van der Waals surface area contributed by atoms with E-state index in [1.807, 2.05) is 48.5 Å². The van der Waals surface area contributed by atoms with Gasteiger partial charge in [0.25, 0.3) is 5.91 Å². The molecule has 2 aromatic carbocycles. The summed E-state index contributed by atoms with van der Waals surface area (Å²) >= 11 is 0. The zero-order valence-electron chi connectivity index (χ0n) is 15.0. The van der Waals surface area contributed by atoms with Crippen LogP contribution in [0.3, 0.4) is 0 Å². The SMILES string of the molecule is N#C/C(=C/NCc1cccnc1)C(=O)Nc1ccc(Oc2ccccc2)cc1. The molecule has 0 spiro atoms. The van der Waals surface area contributed by atoms with Crippen molar-refractivity contribution in [3.8, 4) is 17.6 Å². The highest BCUT2D eigenvalue weighted by Crippen LogP contribution is 2.22. The average Bonchev–Trinajstić information content (AvgIpc) is 2.74. The quantitative estimate of drug-likeness (QED) is 0.485. The monoisotopic (exact) mass is 370 g/mol. The van der Waals surface area contributed by atoms with E-state index in [0.717, 1.165) is 11.3 Å². The van der Waals surface area contributed by atoms with E-state index in [0.29, 0.717) is 18.0 Å². The molecular weight excluding hydrogens is 352 g/mol. The number of aromatic nitrogens is 1. The summed E-state index contributed by atoms with van der Waals surface area (Å²) < 4.78 is 5.71. The molecule has 138 valence electrons. The molecule has 0 atom stereocenters. The number of amides is 1. The van der Waals surface area contributed by atoms with Gasteiger partial charge in [-0.25, -0.2) is 0 Å². The fraction of sp³-hybridized carbons (Fsp3) is 0.0455. The summed E-state index contributed by atoms with van der Waals surface area (Å²) in [6.07, 6.45) is 4.80. The molecule has 3 rings (SSSR count). The maximum atomic E-state index is 12.3. The van der Waals surface area contributed by atoms with Crippen molar-refractivity contribution in [3.63, 3.8) is 0 Å². The van der Waals surface area contributed by atoms with Gasteiger partial charge < -0.3 is 15.4 Å². The third kappa shape index (κ3) is 5.44. The molecule has 6 nitrogen and oxygen atoms in total. The second-order valence-corrected chi connectivity index (χ2v) is 5.81. The van der Waals surface area contributed by atoms with Crippen LogP contribution < -0.4 is 15.4 Å². The number of benzene rings is 2. The van der Waals surface area contributed by atoms with Crippen LogP contribution in [0.2, 0.25) is 0 Å². The van der Waals surface area contributed by atoms with Gasteiger partial charge >= 0.3 is 0 Å². The van der Waals surface area contributed by atoms with Crippen molar-refractivity contribution in [2.45, 2.75) is 6.54 Å². The highest BCUT2D eigenvalue weighted by Gasteiger charge is 2.09. The Morgan fingerprint density at radius 1 is 1.04 bits per heavy atom. The summed E-state index contributed by atoms with van der Waals surface area (Å²) in [6, 6.07) is 22.0. The van der Waals surface area contributed by atoms with Crippen molar-refractivity contribution in [2.24, 2.45) is 0 Å². The fourth-order valence-corrected chi connectivity index (χ4v) is 2.35. The summed E-state index contributed by atoms with van der Waals surface area (Å²) in [5.41, 5.74) is 1.50. The first-order valence-corrected chi connectivity index (χ1v) is 8.61. The fourth-order valence-electron chi connectivity index (χ4n) is 2.35. The molecule has 0 saturated heterocycles. The van der Waals surface area contributed by atoms with E-state index >= 15 is 0 Å². The van der Waals surface area contributed by atoms with Gasteiger partial charge in [0.2, 0.25) is 0 Å². The maximum Gasteiger partial charge on any atom is 0.267 e. The number of nitrogens with zero attached hydrogens (tertiary/aromatic N) is 2. The third-order valence-corrected chi connectivity index (χ3v) is 3.73. The second-order valence-electron chi connectivity index (χ2n) is 5.81. The summed E-state index contributed by atoms with van der Waals surface area (Å²) in [7, 11) is 0. The second kappa shape index (κ2) is 9.55. The largest absolute Gasteiger partial charge is 0.457 e. The van der Waals surface area contributed by atoms with Gasteiger partial charge in [-0.1, -0.05) is 24.3 Å². The third-order valence-electron chi connectivity index (χ3n) is 3.73. The minimum Gasteiger partial charge on any atom is -0.457 e. The Hall–Kier alpha value is -4.11. The van der Waals surface area contributed by atoms with Crippen LogP contribution in [0, 0.1) is 11.3 Å². The Morgan fingerprint density at radius 2 is 1.79 bits per heavy atom. The summed E-state index contributed by atoms with van der Waals surface area (Å²) in [4.78, 5) is 16.3. The van der Waals surface area contributed by atoms with Crippen molar-refractivity contribution in [3.05, 3.63) is 96.5 Å². The molecule has 1 aromatic heterocycles. The van der Waals surface area contributed by atoms with Crippen LogP contribution in [0.15, 0.2) is 90.9 Å². The zero-order chi connectivity index (χ0) is 19.6. The minimum atomic E-state index is -0.488. The van der Waals surface area contributed by atoms with Crippen molar-refractivity contribution in [1.82, 2.24) is 10.3 Å². The molecule has 1 amide bonds. The number of carbonyl (C=O) groups excluding carboxylic acids is 1. The Balaban J connectivity index is 1.56. The number of hydrogen-bond donors (Lipinski definition) is 2. The van der Waals surface area contributed by atoms with E-state index in [1.165, 1.54) is 6.20 Å². The summed E-state index contributed by atoms with van der Waals surface area (Å²) in [6.45, 7) is 0.470. The van der Waals surface area contributed by atoms with E-state index in [2.05, 4.69) is 15.6 Å². The molecule has 0 fully saturated rings. The van der Waals surface area contributed by atoms with Gasteiger partial charge in [0, 0.05) is 30.8 Å². The van der Waals surface area contributed by atoms with Crippen LogP contribution in [0.4, 0.5) is 5.69 Å². The van der Waals surface area contributed by atoms with Gasteiger partial charge in [0.05, 0.1) is 0 Å². The van der Waals surface area contributed by atoms with Crippen LogP contribution in [0.1, 0.15) is 5.56 Å². The maximum absolute atomic E-state index is 12.3. The number of nitrogens with one attached hydrogen (secondary N) is 2. The van der Waals surface area contributed by atoms with Crippen LogP contribution in [-0.2, 0) is 11.3 Å². The molecule has 0 aliphatic carbocycles. The lowest BCUT2D eigenvalue weighted by Crippen LogP contribution is -2.16. The topological polar surface area (TPSA) is 87.0 Å². The van der Waals surface area contributed by atoms with Crippen LogP contribution in [0.25, 0.3) is 0 Å². The number of rotatable bonds is 7. The Morgan fingerprint density at radius 3 is 2.46 bits per heavy atom. The molecule has 1 heterocycles. The van der Waals surface area contributed by atoms with Gasteiger partial charge in [-0.05, 0) is 48.0 Å². The number of para-hydroxylation sites is 1. The lowest BCUT2D eigenvalue weighted by molar-refractivity contribution is -0.112. The van der Waals surface area contributed by atoms with Crippen molar-refractivity contribution >= 4 is 11.6 Å². The first kappa shape index (κ1) is 18.7. The number of anilines is 1. The number of pyridine rings is 1. The predicted octanol–water partition coefficient (Wildman–Crippen LogP) is 4.01. The van der Waals surface area contributed by atoms with Gasteiger partial charge in [-0.2, -0.15) is 5.26 Å². The standard InChI is InChI=1S/C22H18N4O2/c23-13-18(16-25-15-17-5-4-12-24-14-17)22(27)26-19-8-10-21(11-9-19)28-20-6-2-1-3-7-20/h1-12,14,16,25H,15H2,(H,26,27)/b18-16-. The first-order valence-electron chi connectivity index (χ1n) is 8.61. The highest BCUT2D eigenvalue weighted by atomic mass is 16.5. The summed E-state index contributed by atoms with van der Waals surface area (Å²) in [5, 5.41) is 14.9. The number of hydrogen-bond acceptors (Lipinski definition) is 5. The average molecular weight is 370 g/mol. The number of carbonyl (C=O) groups is 1. The molecule has 0 unspecified atom stereocenters. The Kier molecular flexibility index (Phi) is 6.37. The lowest BCUT2D eigenvalue weighted by Gasteiger charge is -2.08. The van der Waals surface area contributed by atoms with Gasteiger partial charge in [0.15, 0.2) is 0 Å². The van der Waals surface area contributed by atoms with Gasteiger partial charge in [-0.3, -0.25) is 9.78 Å². The zero-order valence-corrected chi connectivity index (χ0v) is 15.0. The van der Waals surface area contributed by atoms with E-state index in [-0.39, 0.29) is 5.57 Å². The lowest BCUT2D eigenvalue weighted by atomic mass is 10.2. The van der Waals surface area contributed by atoms with Gasteiger partial charge in [0.1, 0.15) is 23.1 Å². The number of ether oxygens (including phenoxy) is 1. The normalized spacial score (nSPS) is 10.6. The van der Waals surface area contributed by atoms with Crippen molar-refractivity contribution in [1.29, 1.82) is 5.26 Å². The molecule has 6 heteroatoms. The molecule has 0 saturated carbocycles. The van der Waals surface area contributed by atoms with Crippen molar-refractivity contribution < 1.29 is 9.53 Å². The van der Waals surface area contributed by atoms with E-state index in [1.54, 1.807) is 36.7 Å². The predicted molar refractivity (Wildman–Crippen MR) is 106 cm³/mol. The van der Waals surface area contributed by atoms with E-state index in [9.17, 15) is 10.1 Å². The molecule has 3 aromatic rings. The Bertz CT molecular complexity index is 979. The molecule has 0 aliphatic heterocycles. The molecule has 0 bridgehead atoms. The smallest absolute Gasteiger partial charge is 0.267 e. The molecular formula is C22H18N4O2. The minimum absolute atomic E-state index is 0.0199. The molecule has 28 heavy (non-hydrogen) atoms. The summed E-state index contributed by atoms with van der Waals surface area (Å²) in [5.74, 6) is 0.893. The van der Waals surface area contributed by atoms with Crippen LogP contribution >= 0.6 is 0 Å².